The molecular weight excluding hydrogens is 612 g/mol. The zero-order valence-electron chi connectivity index (χ0n) is 27.7. The predicted octanol–water partition coefficient (Wildman–Crippen LogP) is 6.78. The van der Waals surface area contributed by atoms with Crippen molar-refractivity contribution in [2.24, 2.45) is 0 Å². The summed E-state index contributed by atoms with van der Waals surface area (Å²) in [5.41, 5.74) is 4.91. The number of hydrogen-bond acceptors (Lipinski definition) is 7. The molecule has 0 saturated heterocycles. The second kappa shape index (κ2) is 15.3. The van der Waals surface area contributed by atoms with Gasteiger partial charge in [-0.3, -0.25) is 19.2 Å². The second-order valence-corrected chi connectivity index (χ2v) is 13.8. The average Bonchev–Trinajstić information content (AvgIpc) is 3.55. The smallest absolute Gasteiger partial charge is 0.325 e. The van der Waals surface area contributed by atoms with Gasteiger partial charge in [-0.1, -0.05) is 70.5 Å². The number of amides is 2. The highest BCUT2D eigenvalue weighted by atomic mass is 32.1. The van der Waals surface area contributed by atoms with Crippen molar-refractivity contribution in [3.63, 3.8) is 0 Å². The number of aromatic nitrogens is 2. The molecule has 4 rings (SSSR count). The fourth-order valence-electron chi connectivity index (χ4n) is 4.96. The molecule has 0 fully saturated rings. The highest BCUT2D eigenvalue weighted by Crippen LogP contribution is 2.30. The standard InChI is InChI=1S/C37H42N4O5S/c1-7-8-9-30(42)26-14-15-28(22(2)18-26)27-20-38-33(39-21-27)25-12-10-24(11-13-25)19-29(34(43)40-23(3)36(45)46)41-35(44)31-16-17-32(47-31)37(4,5)6/h10-18,20-21,23,29H,7-9,19H2,1-6H3,(H,40,43)(H,41,44)(H,45,46)/t23-,29+/m1/s1. The van der Waals surface area contributed by atoms with Gasteiger partial charge in [-0.15, -0.1) is 11.3 Å². The molecule has 4 aromatic rings. The van der Waals surface area contributed by atoms with E-state index in [1.807, 2.05) is 55.5 Å². The van der Waals surface area contributed by atoms with Crippen LogP contribution in [0.1, 0.15) is 89.9 Å². The zero-order valence-corrected chi connectivity index (χ0v) is 28.5. The van der Waals surface area contributed by atoms with Gasteiger partial charge in [0.15, 0.2) is 11.6 Å². The van der Waals surface area contributed by atoms with E-state index in [1.165, 1.54) is 18.3 Å². The first-order valence-electron chi connectivity index (χ1n) is 15.8. The third kappa shape index (κ3) is 9.19. The minimum Gasteiger partial charge on any atom is -0.480 e. The van der Waals surface area contributed by atoms with Crippen LogP contribution in [0.25, 0.3) is 22.5 Å². The Hall–Kier alpha value is -4.70. The van der Waals surface area contributed by atoms with Crippen LogP contribution in [0.5, 0.6) is 0 Å². The van der Waals surface area contributed by atoms with Crippen molar-refractivity contribution in [2.75, 3.05) is 0 Å². The molecule has 0 spiro atoms. The fraction of sp³-hybridized carbons (Fsp3) is 0.351. The molecule has 9 nitrogen and oxygen atoms in total. The molecule has 2 heterocycles. The van der Waals surface area contributed by atoms with Crippen molar-refractivity contribution in [3.8, 4) is 22.5 Å². The van der Waals surface area contributed by atoms with Crippen LogP contribution >= 0.6 is 11.3 Å². The normalized spacial score (nSPS) is 12.6. The first-order chi connectivity index (χ1) is 22.3. The maximum Gasteiger partial charge on any atom is 0.325 e. The average molecular weight is 655 g/mol. The molecule has 2 amide bonds. The number of benzene rings is 2. The van der Waals surface area contributed by atoms with Crippen LogP contribution in [-0.2, 0) is 21.4 Å². The van der Waals surface area contributed by atoms with Crippen LogP contribution in [-0.4, -0.2) is 50.7 Å². The molecule has 0 radical (unpaired) electrons. The molecule has 0 aliphatic carbocycles. The first-order valence-corrected chi connectivity index (χ1v) is 16.6. The number of hydrogen-bond donors (Lipinski definition) is 3. The van der Waals surface area contributed by atoms with E-state index in [-0.39, 0.29) is 17.6 Å². The Balaban J connectivity index is 1.48. The topological polar surface area (TPSA) is 138 Å². The van der Waals surface area contributed by atoms with Gasteiger partial charge in [-0.05, 0) is 60.6 Å². The minimum absolute atomic E-state index is 0.123. The summed E-state index contributed by atoms with van der Waals surface area (Å²) in [6, 6.07) is 14.6. The van der Waals surface area contributed by atoms with Crippen LogP contribution in [0.15, 0.2) is 67.0 Å². The van der Waals surface area contributed by atoms with Gasteiger partial charge in [-0.2, -0.15) is 0 Å². The molecular formula is C37H42N4O5S. The quantitative estimate of drug-likeness (QED) is 0.135. The van der Waals surface area contributed by atoms with Crippen molar-refractivity contribution in [1.82, 2.24) is 20.6 Å². The Bertz CT molecular complexity index is 1740. The molecule has 246 valence electrons. The van der Waals surface area contributed by atoms with E-state index < -0.39 is 29.9 Å². The number of unbranched alkanes of at least 4 members (excludes halogenated alkanes) is 1. The number of rotatable bonds is 13. The molecule has 0 aliphatic rings. The number of carbonyl (C=O) groups excluding carboxylic acids is 3. The third-order valence-electron chi connectivity index (χ3n) is 7.84. The summed E-state index contributed by atoms with van der Waals surface area (Å²) in [6.45, 7) is 11.6. The number of aryl methyl sites for hydroxylation is 1. The van der Waals surface area contributed by atoms with Gasteiger partial charge >= 0.3 is 5.97 Å². The lowest BCUT2D eigenvalue weighted by Gasteiger charge is -2.20. The molecule has 47 heavy (non-hydrogen) atoms. The van der Waals surface area contributed by atoms with Crippen LogP contribution in [0, 0.1) is 6.92 Å². The number of thiophene rings is 1. The molecule has 0 unspecified atom stereocenters. The summed E-state index contributed by atoms with van der Waals surface area (Å²) >= 11 is 1.37. The van der Waals surface area contributed by atoms with Crippen molar-refractivity contribution in [3.05, 3.63) is 93.4 Å². The molecule has 10 heteroatoms. The Kier molecular flexibility index (Phi) is 11.4. The lowest BCUT2D eigenvalue weighted by atomic mass is 9.95. The van der Waals surface area contributed by atoms with E-state index in [0.29, 0.717) is 22.7 Å². The second-order valence-electron chi connectivity index (χ2n) is 12.8. The predicted molar refractivity (Wildman–Crippen MR) is 185 cm³/mol. The van der Waals surface area contributed by atoms with Gasteiger partial charge < -0.3 is 15.7 Å². The van der Waals surface area contributed by atoms with E-state index >= 15 is 0 Å². The summed E-state index contributed by atoms with van der Waals surface area (Å²) in [5, 5.41) is 14.6. The lowest BCUT2D eigenvalue weighted by Crippen LogP contribution is -2.51. The fourth-order valence-corrected chi connectivity index (χ4v) is 5.93. The number of aliphatic carboxylic acids is 1. The molecule has 2 aromatic heterocycles. The summed E-state index contributed by atoms with van der Waals surface area (Å²) in [4.78, 5) is 60.8. The van der Waals surface area contributed by atoms with E-state index in [1.54, 1.807) is 18.5 Å². The van der Waals surface area contributed by atoms with Crippen LogP contribution < -0.4 is 10.6 Å². The van der Waals surface area contributed by atoms with Crippen molar-refractivity contribution < 1.29 is 24.3 Å². The van der Waals surface area contributed by atoms with E-state index in [0.717, 1.165) is 45.5 Å². The third-order valence-corrected chi connectivity index (χ3v) is 9.35. The monoisotopic (exact) mass is 654 g/mol. The molecule has 3 N–H and O–H groups in total. The Morgan fingerprint density at radius 1 is 0.915 bits per heavy atom. The molecule has 2 aromatic carbocycles. The van der Waals surface area contributed by atoms with E-state index in [4.69, 9.17) is 0 Å². The Morgan fingerprint density at radius 3 is 2.17 bits per heavy atom. The first kappa shape index (κ1) is 35.2. The number of carbonyl (C=O) groups is 4. The minimum atomic E-state index is -1.17. The summed E-state index contributed by atoms with van der Waals surface area (Å²) in [7, 11) is 0. The molecule has 0 aliphatic heterocycles. The highest BCUT2D eigenvalue weighted by Gasteiger charge is 2.26. The molecule has 0 saturated carbocycles. The summed E-state index contributed by atoms with van der Waals surface area (Å²) in [6.07, 6.45) is 6.07. The molecule has 2 atom stereocenters. The van der Waals surface area contributed by atoms with Crippen molar-refractivity contribution in [2.45, 2.75) is 84.7 Å². The number of nitrogens with one attached hydrogen (secondary N) is 2. The highest BCUT2D eigenvalue weighted by molar-refractivity contribution is 7.14. The van der Waals surface area contributed by atoms with Crippen molar-refractivity contribution in [1.29, 1.82) is 0 Å². The summed E-state index contributed by atoms with van der Waals surface area (Å²) in [5.74, 6) is -1.48. The number of nitrogens with zero attached hydrogens (tertiary/aromatic N) is 2. The number of carboxylic acids is 1. The van der Waals surface area contributed by atoms with Crippen LogP contribution in [0.2, 0.25) is 0 Å². The van der Waals surface area contributed by atoms with E-state index in [9.17, 15) is 24.3 Å². The van der Waals surface area contributed by atoms with Gasteiger partial charge in [0, 0.05) is 46.8 Å². The SMILES string of the molecule is CCCCC(=O)c1ccc(-c2cnc(-c3ccc(C[C@H](NC(=O)c4ccc(C(C)(C)C)s4)C(=O)N[C@H](C)C(=O)O)cc3)nc2)c(C)c1. The van der Waals surface area contributed by atoms with Crippen LogP contribution in [0.3, 0.4) is 0 Å². The number of ketones is 1. The number of carboxylic acid groups (broad SMARTS) is 1. The van der Waals surface area contributed by atoms with Crippen LogP contribution in [0.4, 0.5) is 0 Å². The van der Waals surface area contributed by atoms with Gasteiger partial charge in [0.25, 0.3) is 5.91 Å². The van der Waals surface area contributed by atoms with Crippen molar-refractivity contribution >= 4 is 34.9 Å². The maximum absolute atomic E-state index is 13.2. The maximum atomic E-state index is 13.2. The van der Waals surface area contributed by atoms with Gasteiger partial charge in [0.05, 0.1) is 4.88 Å². The van der Waals surface area contributed by atoms with Gasteiger partial charge in [0.1, 0.15) is 12.1 Å². The zero-order chi connectivity index (χ0) is 34.3. The number of Topliss-reactive ketones (excluding diaryl/α,β-unsaturated/α-hetero) is 1. The Morgan fingerprint density at radius 2 is 1.60 bits per heavy atom. The van der Waals surface area contributed by atoms with E-state index in [2.05, 4.69) is 48.3 Å². The Labute approximate surface area is 279 Å². The molecule has 0 bridgehead atoms. The largest absolute Gasteiger partial charge is 0.480 e. The van der Waals surface area contributed by atoms with Gasteiger partial charge in [-0.25, -0.2) is 9.97 Å². The lowest BCUT2D eigenvalue weighted by molar-refractivity contribution is -0.141. The van der Waals surface area contributed by atoms with Gasteiger partial charge in [0.2, 0.25) is 5.91 Å². The summed E-state index contributed by atoms with van der Waals surface area (Å²) < 4.78 is 0.